The molecule has 1 aliphatic carbocycles. The van der Waals surface area contributed by atoms with E-state index in [4.69, 9.17) is 0 Å². The molecule has 2 rings (SSSR count). The normalized spacial score (nSPS) is 38.3. The summed E-state index contributed by atoms with van der Waals surface area (Å²) < 4.78 is 0. The third-order valence-corrected chi connectivity index (χ3v) is 3.47. The minimum atomic E-state index is 0.296. The number of piperidine rings is 1. The van der Waals surface area contributed by atoms with Crippen LogP contribution >= 0.6 is 0 Å². The van der Waals surface area contributed by atoms with Gasteiger partial charge in [0.15, 0.2) is 0 Å². The number of hydrogen-bond donors (Lipinski definition) is 1. The summed E-state index contributed by atoms with van der Waals surface area (Å²) in [6, 6.07) is 1.26. The minimum absolute atomic E-state index is 0.296. The molecule has 1 unspecified atom stereocenters. The molecule has 1 amide bonds. The third-order valence-electron chi connectivity index (χ3n) is 3.47. The van der Waals surface area contributed by atoms with E-state index in [1.807, 2.05) is 11.9 Å². The molecule has 3 heteroatoms. The van der Waals surface area contributed by atoms with E-state index in [1.54, 1.807) is 0 Å². The second-order valence-corrected chi connectivity index (χ2v) is 4.95. The Hall–Kier alpha value is -0.570. The predicted molar refractivity (Wildman–Crippen MR) is 56.0 cm³/mol. The van der Waals surface area contributed by atoms with Gasteiger partial charge in [0.05, 0.1) is 0 Å². The quantitative estimate of drug-likeness (QED) is 0.714. The summed E-state index contributed by atoms with van der Waals surface area (Å²) in [6.07, 6.45) is 4.37. The van der Waals surface area contributed by atoms with Gasteiger partial charge in [-0.3, -0.25) is 4.79 Å². The van der Waals surface area contributed by atoms with Crippen LogP contribution in [-0.2, 0) is 4.79 Å². The van der Waals surface area contributed by atoms with Crippen LogP contribution in [0.3, 0.4) is 0 Å². The maximum absolute atomic E-state index is 11.3. The number of carbonyl (C=O) groups excluding carboxylic acids is 1. The second-order valence-electron chi connectivity index (χ2n) is 4.95. The van der Waals surface area contributed by atoms with Gasteiger partial charge in [-0.25, -0.2) is 0 Å². The van der Waals surface area contributed by atoms with E-state index in [0.717, 1.165) is 31.3 Å². The summed E-state index contributed by atoms with van der Waals surface area (Å²) in [5.74, 6) is 1.19. The summed E-state index contributed by atoms with van der Waals surface area (Å²) in [6.45, 7) is 3.19. The zero-order valence-electron chi connectivity index (χ0n) is 9.12. The molecule has 0 radical (unpaired) electrons. The highest BCUT2D eigenvalue weighted by molar-refractivity contribution is 5.76. The third kappa shape index (κ3) is 2.08. The molecule has 1 heterocycles. The molecule has 0 spiro atoms. The first-order valence-corrected chi connectivity index (χ1v) is 5.65. The molecule has 0 bridgehead atoms. The number of hydrogen-bond acceptors (Lipinski definition) is 2. The van der Waals surface area contributed by atoms with Crippen LogP contribution in [0.2, 0.25) is 0 Å². The molecule has 0 aromatic carbocycles. The molecule has 1 saturated heterocycles. The number of nitrogens with zero attached hydrogens (tertiary/aromatic N) is 1. The minimum Gasteiger partial charge on any atom is -0.344 e. The van der Waals surface area contributed by atoms with Crippen LogP contribution in [0.15, 0.2) is 0 Å². The number of carbonyl (C=O) groups is 1. The molecule has 0 aromatic heterocycles. The molecule has 0 aromatic rings. The van der Waals surface area contributed by atoms with Gasteiger partial charge in [-0.1, -0.05) is 6.92 Å². The van der Waals surface area contributed by atoms with Gasteiger partial charge in [0, 0.05) is 32.1 Å². The fraction of sp³-hybridized carbons (Fsp3) is 0.909. The lowest BCUT2D eigenvalue weighted by atomic mass is 9.81. The Balaban J connectivity index is 1.74. The average molecular weight is 196 g/mol. The lowest BCUT2D eigenvalue weighted by Gasteiger charge is -2.39. The summed E-state index contributed by atoms with van der Waals surface area (Å²) in [5, 5.41) is 3.64. The van der Waals surface area contributed by atoms with Crippen molar-refractivity contribution in [2.45, 2.75) is 44.7 Å². The first-order chi connectivity index (χ1) is 6.65. The van der Waals surface area contributed by atoms with Crippen LogP contribution in [-0.4, -0.2) is 36.5 Å². The van der Waals surface area contributed by atoms with Gasteiger partial charge in [-0.2, -0.15) is 0 Å². The van der Waals surface area contributed by atoms with Crippen molar-refractivity contribution >= 4 is 5.91 Å². The largest absolute Gasteiger partial charge is 0.344 e. The van der Waals surface area contributed by atoms with Crippen LogP contribution in [0.1, 0.15) is 32.6 Å². The van der Waals surface area contributed by atoms with E-state index in [-0.39, 0.29) is 0 Å². The van der Waals surface area contributed by atoms with Gasteiger partial charge in [0.1, 0.15) is 0 Å². The van der Waals surface area contributed by atoms with Crippen molar-refractivity contribution in [3.63, 3.8) is 0 Å². The van der Waals surface area contributed by atoms with Gasteiger partial charge in [0.25, 0.3) is 0 Å². The zero-order valence-corrected chi connectivity index (χ0v) is 9.12. The molecule has 1 saturated carbocycles. The topological polar surface area (TPSA) is 32.3 Å². The van der Waals surface area contributed by atoms with Crippen LogP contribution in [0, 0.1) is 5.92 Å². The van der Waals surface area contributed by atoms with Crippen molar-refractivity contribution in [1.82, 2.24) is 10.2 Å². The van der Waals surface area contributed by atoms with Gasteiger partial charge < -0.3 is 10.2 Å². The van der Waals surface area contributed by atoms with E-state index >= 15 is 0 Å². The van der Waals surface area contributed by atoms with E-state index in [9.17, 15) is 4.79 Å². The second kappa shape index (κ2) is 3.89. The molecule has 80 valence electrons. The first kappa shape index (κ1) is 9.97. The molecule has 3 nitrogen and oxygen atoms in total. The Morgan fingerprint density at radius 2 is 2.07 bits per heavy atom. The molecule has 2 fully saturated rings. The Morgan fingerprint density at radius 1 is 1.36 bits per heavy atom. The monoisotopic (exact) mass is 196 g/mol. The fourth-order valence-corrected chi connectivity index (χ4v) is 2.52. The molecular weight excluding hydrogens is 176 g/mol. The Kier molecular flexibility index (Phi) is 2.77. The number of likely N-dealkylation sites (N-methyl/N-ethyl adjacent to an activating group) is 1. The van der Waals surface area contributed by atoms with E-state index in [2.05, 4.69) is 12.2 Å². The summed E-state index contributed by atoms with van der Waals surface area (Å²) in [4.78, 5) is 13.1. The SMILES string of the molecule is CC1CC(NC2CCC(=O)N(C)C2)C1. The number of rotatable bonds is 2. The first-order valence-electron chi connectivity index (χ1n) is 5.65. The summed E-state index contributed by atoms with van der Waals surface area (Å²) in [7, 11) is 1.90. The standard InChI is InChI=1S/C11H20N2O/c1-8-5-10(6-8)12-9-3-4-11(14)13(2)7-9/h8-10,12H,3-7H2,1-2H3. The van der Waals surface area contributed by atoms with E-state index in [1.165, 1.54) is 12.8 Å². The van der Waals surface area contributed by atoms with Gasteiger partial charge in [0.2, 0.25) is 5.91 Å². The van der Waals surface area contributed by atoms with Crippen molar-refractivity contribution in [1.29, 1.82) is 0 Å². The van der Waals surface area contributed by atoms with Gasteiger partial charge >= 0.3 is 0 Å². The van der Waals surface area contributed by atoms with Crippen molar-refractivity contribution in [3.8, 4) is 0 Å². The average Bonchev–Trinajstić information content (AvgIpc) is 2.09. The van der Waals surface area contributed by atoms with Gasteiger partial charge in [-0.05, 0) is 25.2 Å². The Labute approximate surface area is 85.8 Å². The lowest BCUT2D eigenvalue weighted by molar-refractivity contribution is -0.132. The maximum atomic E-state index is 11.3. The van der Waals surface area contributed by atoms with Crippen LogP contribution in [0.5, 0.6) is 0 Å². The summed E-state index contributed by atoms with van der Waals surface area (Å²) >= 11 is 0. The van der Waals surface area contributed by atoms with Crippen molar-refractivity contribution in [2.75, 3.05) is 13.6 Å². The molecule has 1 aliphatic heterocycles. The van der Waals surface area contributed by atoms with Crippen molar-refractivity contribution in [2.24, 2.45) is 5.92 Å². The highest BCUT2D eigenvalue weighted by Crippen LogP contribution is 2.27. The summed E-state index contributed by atoms with van der Waals surface area (Å²) in [5.41, 5.74) is 0. The highest BCUT2D eigenvalue weighted by Gasteiger charge is 2.30. The van der Waals surface area contributed by atoms with Gasteiger partial charge in [-0.15, -0.1) is 0 Å². The van der Waals surface area contributed by atoms with E-state index < -0.39 is 0 Å². The molecule has 14 heavy (non-hydrogen) atoms. The van der Waals surface area contributed by atoms with Crippen molar-refractivity contribution in [3.05, 3.63) is 0 Å². The molecule has 2 aliphatic rings. The predicted octanol–water partition coefficient (Wildman–Crippen LogP) is 0.995. The lowest BCUT2D eigenvalue weighted by Crippen LogP contribution is -2.52. The maximum Gasteiger partial charge on any atom is 0.222 e. The van der Waals surface area contributed by atoms with Crippen LogP contribution in [0.25, 0.3) is 0 Å². The smallest absolute Gasteiger partial charge is 0.222 e. The van der Waals surface area contributed by atoms with E-state index in [0.29, 0.717) is 11.9 Å². The Morgan fingerprint density at radius 3 is 2.64 bits per heavy atom. The molecule has 1 atom stereocenters. The van der Waals surface area contributed by atoms with Crippen LogP contribution in [0.4, 0.5) is 0 Å². The zero-order chi connectivity index (χ0) is 10.1. The Bertz CT molecular complexity index is 223. The highest BCUT2D eigenvalue weighted by atomic mass is 16.2. The molecular formula is C11H20N2O. The fourth-order valence-electron chi connectivity index (χ4n) is 2.52. The number of nitrogens with one attached hydrogen (secondary N) is 1. The molecule has 1 N–H and O–H groups in total. The number of amides is 1. The van der Waals surface area contributed by atoms with Crippen LogP contribution < -0.4 is 5.32 Å². The van der Waals surface area contributed by atoms with Crippen molar-refractivity contribution < 1.29 is 4.79 Å². The number of likely N-dealkylation sites (tertiary alicyclic amines) is 1.